The Bertz CT molecular complexity index is 217. The van der Waals surface area contributed by atoms with Crippen molar-refractivity contribution < 1.29 is 15.0 Å². The smallest absolute Gasteiger partial charge is 0.303 e. The number of aliphatic hydroxyl groups excluding tert-OH is 1. The third-order valence-corrected chi connectivity index (χ3v) is 4.09. The molecule has 0 rings (SSSR count). The predicted octanol–water partition coefficient (Wildman–Crippen LogP) is 5.26. The highest BCUT2D eigenvalue weighted by Crippen LogP contribution is 2.12. The van der Waals surface area contributed by atoms with Crippen LogP contribution in [0.2, 0.25) is 0 Å². The van der Waals surface area contributed by atoms with Crippen molar-refractivity contribution in [2.75, 3.05) is 6.61 Å². The van der Waals surface area contributed by atoms with E-state index in [0.717, 1.165) is 31.1 Å². The van der Waals surface area contributed by atoms with Gasteiger partial charge >= 0.3 is 5.97 Å². The second kappa shape index (κ2) is 17.5. The highest BCUT2D eigenvalue weighted by atomic mass is 16.4. The van der Waals surface area contributed by atoms with Crippen LogP contribution in [0.3, 0.4) is 0 Å². The fourth-order valence-corrected chi connectivity index (χ4v) is 1.96. The van der Waals surface area contributed by atoms with Crippen LogP contribution in [0.1, 0.15) is 91.9 Å². The molecule has 0 radical (unpaired) electrons. The van der Waals surface area contributed by atoms with Crippen molar-refractivity contribution in [2.45, 2.75) is 91.9 Å². The van der Waals surface area contributed by atoms with E-state index in [9.17, 15) is 4.79 Å². The summed E-state index contributed by atoms with van der Waals surface area (Å²) in [6.45, 7) is 9.26. The van der Waals surface area contributed by atoms with Crippen LogP contribution in [0, 0.1) is 11.8 Å². The lowest BCUT2D eigenvalue weighted by molar-refractivity contribution is -0.137. The van der Waals surface area contributed by atoms with E-state index < -0.39 is 5.97 Å². The van der Waals surface area contributed by atoms with Gasteiger partial charge in [-0.05, 0) is 24.7 Å². The van der Waals surface area contributed by atoms with Gasteiger partial charge in [0.15, 0.2) is 0 Å². The predicted molar refractivity (Wildman–Crippen MR) is 90.6 cm³/mol. The molecule has 0 aromatic heterocycles. The summed E-state index contributed by atoms with van der Waals surface area (Å²) >= 11 is 0. The molecule has 3 nitrogen and oxygen atoms in total. The Hall–Kier alpha value is -0.570. The molecule has 0 spiro atoms. The van der Waals surface area contributed by atoms with Gasteiger partial charge in [0.25, 0.3) is 0 Å². The molecule has 0 bridgehead atoms. The third kappa shape index (κ3) is 21.9. The van der Waals surface area contributed by atoms with Crippen LogP contribution in [0.4, 0.5) is 0 Å². The normalized spacial score (nSPS) is 13.2. The average Bonchev–Trinajstić information content (AvgIpc) is 2.48. The fraction of sp³-hybridized carbons (Fsp3) is 0.944. The van der Waals surface area contributed by atoms with Gasteiger partial charge in [-0.2, -0.15) is 0 Å². The van der Waals surface area contributed by atoms with Crippen molar-refractivity contribution in [2.24, 2.45) is 11.8 Å². The Morgan fingerprint density at radius 2 is 1.33 bits per heavy atom. The number of hydrogen-bond donors (Lipinski definition) is 2. The van der Waals surface area contributed by atoms with Gasteiger partial charge < -0.3 is 10.2 Å². The topological polar surface area (TPSA) is 57.5 Å². The summed E-state index contributed by atoms with van der Waals surface area (Å²) in [5.41, 5.74) is 0. The molecule has 2 N–H and O–H groups in total. The zero-order valence-corrected chi connectivity index (χ0v) is 14.7. The second-order valence-corrected chi connectivity index (χ2v) is 6.24. The number of aliphatic carboxylic acids is 1. The maximum Gasteiger partial charge on any atom is 0.303 e. The zero-order valence-electron chi connectivity index (χ0n) is 14.7. The number of aliphatic hydroxyl groups is 1. The molecule has 2 atom stereocenters. The summed E-state index contributed by atoms with van der Waals surface area (Å²) in [5.74, 6) is 0.955. The number of carboxylic acid groups (broad SMARTS) is 1. The number of carbonyl (C=O) groups is 1. The van der Waals surface area contributed by atoms with Crippen LogP contribution in [-0.2, 0) is 4.79 Å². The van der Waals surface area contributed by atoms with Gasteiger partial charge in [-0.3, -0.25) is 4.79 Å². The molecular formula is C18H38O3. The molecular weight excluding hydrogens is 264 g/mol. The molecule has 128 valence electrons. The van der Waals surface area contributed by atoms with E-state index in [-0.39, 0.29) is 0 Å². The van der Waals surface area contributed by atoms with Gasteiger partial charge in [0, 0.05) is 13.0 Å². The van der Waals surface area contributed by atoms with Crippen molar-refractivity contribution in [3.63, 3.8) is 0 Å². The Balaban J connectivity index is 0. The van der Waals surface area contributed by atoms with Gasteiger partial charge in [0.2, 0.25) is 0 Å². The fourth-order valence-electron chi connectivity index (χ4n) is 1.96. The van der Waals surface area contributed by atoms with Gasteiger partial charge in [-0.25, -0.2) is 0 Å². The minimum atomic E-state index is -0.672. The molecule has 0 fully saturated rings. The van der Waals surface area contributed by atoms with Crippen molar-refractivity contribution in [1.29, 1.82) is 0 Å². The molecule has 0 aliphatic carbocycles. The number of unbranched alkanes of at least 4 members (excludes halogenated alkanes) is 3. The third-order valence-electron chi connectivity index (χ3n) is 4.09. The van der Waals surface area contributed by atoms with Crippen LogP contribution in [0.5, 0.6) is 0 Å². The second-order valence-electron chi connectivity index (χ2n) is 6.24. The van der Waals surface area contributed by atoms with E-state index in [1.54, 1.807) is 0 Å². The minimum Gasteiger partial charge on any atom is -0.481 e. The first-order chi connectivity index (χ1) is 9.97. The van der Waals surface area contributed by atoms with Crippen LogP contribution >= 0.6 is 0 Å². The standard InChI is InChI=1S/C9H18O2.C9H20O/c1-3-8(2)6-4-5-7-9(10)11;1-3-9(2)7-5-4-6-8-10/h8H,3-7H2,1-2H3,(H,10,11);9-10H,3-8H2,1-2H3/t8-;9-/m00/s1. The van der Waals surface area contributed by atoms with E-state index in [4.69, 9.17) is 10.2 Å². The molecule has 0 aromatic carbocycles. The summed E-state index contributed by atoms with van der Waals surface area (Å²) in [6, 6.07) is 0. The lowest BCUT2D eigenvalue weighted by atomic mass is 10.0. The van der Waals surface area contributed by atoms with Gasteiger partial charge in [-0.1, -0.05) is 72.6 Å². The van der Waals surface area contributed by atoms with E-state index in [0.29, 0.717) is 13.0 Å². The summed E-state index contributed by atoms with van der Waals surface area (Å²) in [7, 11) is 0. The number of rotatable bonds is 12. The van der Waals surface area contributed by atoms with Crippen molar-refractivity contribution in [1.82, 2.24) is 0 Å². The molecule has 0 saturated carbocycles. The van der Waals surface area contributed by atoms with E-state index in [2.05, 4.69) is 27.7 Å². The molecule has 3 heteroatoms. The van der Waals surface area contributed by atoms with E-state index >= 15 is 0 Å². The van der Waals surface area contributed by atoms with Crippen LogP contribution in [0.25, 0.3) is 0 Å². The molecule has 0 heterocycles. The number of carboxylic acids is 1. The summed E-state index contributed by atoms with van der Waals surface area (Å²) in [5, 5.41) is 16.8. The Labute approximate surface area is 132 Å². The zero-order chi connectivity index (χ0) is 16.5. The summed E-state index contributed by atoms with van der Waals surface area (Å²) in [4.78, 5) is 10.1. The van der Waals surface area contributed by atoms with E-state index in [1.807, 2.05) is 0 Å². The lowest BCUT2D eigenvalue weighted by Gasteiger charge is -2.06. The SMILES string of the molecule is CC[C@H](C)CCCCC(=O)O.CC[C@H](C)CCCCCO. The minimum absolute atomic E-state index is 0.330. The summed E-state index contributed by atoms with van der Waals surface area (Å²) in [6.07, 6.45) is 10.7. The molecule has 0 aliphatic heterocycles. The maximum absolute atomic E-state index is 10.1. The average molecular weight is 302 g/mol. The molecule has 0 aromatic rings. The first kappa shape index (κ1) is 22.7. The Morgan fingerprint density at radius 3 is 1.71 bits per heavy atom. The Morgan fingerprint density at radius 1 is 0.857 bits per heavy atom. The largest absolute Gasteiger partial charge is 0.481 e. The molecule has 0 unspecified atom stereocenters. The number of hydrogen-bond acceptors (Lipinski definition) is 2. The molecule has 21 heavy (non-hydrogen) atoms. The lowest BCUT2D eigenvalue weighted by Crippen LogP contribution is -1.96. The van der Waals surface area contributed by atoms with Crippen LogP contribution in [-0.4, -0.2) is 22.8 Å². The van der Waals surface area contributed by atoms with Crippen molar-refractivity contribution in [3.8, 4) is 0 Å². The van der Waals surface area contributed by atoms with Crippen molar-refractivity contribution >= 4 is 5.97 Å². The quantitative estimate of drug-likeness (QED) is 0.483. The van der Waals surface area contributed by atoms with Gasteiger partial charge in [0.1, 0.15) is 0 Å². The first-order valence-electron chi connectivity index (χ1n) is 8.80. The molecule has 0 amide bonds. The first-order valence-corrected chi connectivity index (χ1v) is 8.80. The molecule has 0 saturated heterocycles. The monoisotopic (exact) mass is 302 g/mol. The van der Waals surface area contributed by atoms with Crippen molar-refractivity contribution in [3.05, 3.63) is 0 Å². The highest BCUT2D eigenvalue weighted by molar-refractivity contribution is 5.66. The summed E-state index contributed by atoms with van der Waals surface area (Å²) < 4.78 is 0. The van der Waals surface area contributed by atoms with Crippen LogP contribution < -0.4 is 0 Å². The van der Waals surface area contributed by atoms with Gasteiger partial charge in [0.05, 0.1) is 0 Å². The molecule has 0 aliphatic rings. The Kier molecular flexibility index (Phi) is 18.9. The highest BCUT2D eigenvalue weighted by Gasteiger charge is 2.00. The van der Waals surface area contributed by atoms with Gasteiger partial charge in [-0.15, -0.1) is 0 Å². The maximum atomic E-state index is 10.1. The van der Waals surface area contributed by atoms with Crippen LogP contribution in [0.15, 0.2) is 0 Å². The van der Waals surface area contributed by atoms with E-state index in [1.165, 1.54) is 38.5 Å².